The van der Waals surface area contributed by atoms with Crippen LogP contribution in [0.2, 0.25) is 0 Å². The van der Waals surface area contributed by atoms with Crippen molar-refractivity contribution in [3.8, 4) is 11.7 Å². The van der Waals surface area contributed by atoms with Crippen molar-refractivity contribution in [3.63, 3.8) is 0 Å². The van der Waals surface area contributed by atoms with E-state index in [1.165, 1.54) is 23.7 Å². The molecule has 0 bridgehead atoms. The fourth-order valence-electron chi connectivity index (χ4n) is 3.12. The van der Waals surface area contributed by atoms with Gasteiger partial charge in [-0.1, -0.05) is 0 Å². The number of methoxy groups -OCH3 is 1. The molecule has 0 radical (unpaired) electrons. The molecule has 4 heterocycles. The van der Waals surface area contributed by atoms with Crippen molar-refractivity contribution in [1.82, 2.24) is 14.5 Å². The van der Waals surface area contributed by atoms with Crippen LogP contribution in [-0.2, 0) is 14.8 Å². The van der Waals surface area contributed by atoms with E-state index in [-0.39, 0.29) is 15.7 Å². The van der Waals surface area contributed by atoms with Crippen LogP contribution in [0.4, 0.5) is 0 Å². The van der Waals surface area contributed by atoms with Gasteiger partial charge in [-0.3, -0.25) is 0 Å². The quantitative estimate of drug-likeness (QED) is 0.575. The molecule has 4 rings (SSSR count). The smallest absolute Gasteiger partial charge is 0.349 e. The highest BCUT2D eigenvalue weighted by atomic mass is 32.2. The van der Waals surface area contributed by atoms with E-state index in [0.717, 1.165) is 11.3 Å². The predicted molar refractivity (Wildman–Crippen MR) is 98.4 cm³/mol. The van der Waals surface area contributed by atoms with Crippen LogP contribution in [0.1, 0.15) is 34.3 Å². The van der Waals surface area contributed by atoms with Crippen LogP contribution >= 0.6 is 11.3 Å². The third kappa shape index (κ3) is 3.36. The Morgan fingerprint density at radius 2 is 2.07 bits per heavy atom. The molecule has 148 valence electrons. The Morgan fingerprint density at radius 3 is 2.75 bits per heavy atom. The molecule has 1 aliphatic heterocycles. The van der Waals surface area contributed by atoms with Crippen LogP contribution in [0.3, 0.4) is 0 Å². The summed E-state index contributed by atoms with van der Waals surface area (Å²) in [5, 5.41) is 9.64. The number of furan rings is 1. The molecule has 0 spiro atoms. The molecule has 3 aromatic rings. The SMILES string of the molecule is COC(=O)c1sccc1S(=O)(=O)N1CCC(c2nnc(-c3ccco3)o2)CC1. The number of carbonyl (C=O) groups is 1. The molecular weight excluding hydrogens is 406 g/mol. The van der Waals surface area contributed by atoms with Crippen LogP contribution in [0.5, 0.6) is 0 Å². The normalized spacial score (nSPS) is 16.3. The van der Waals surface area contributed by atoms with Crippen LogP contribution in [0, 0.1) is 0 Å². The molecule has 0 amide bonds. The maximum atomic E-state index is 13.0. The second-order valence-electron chi connectivity index (χ2n) is 6.21. The van der Waals surface area contributed by atoms with Gasteiger partial charge in [0.1, 0.15) is 9.77 Å². The Bertz CT molecular complexity index is 1060. The number of esters is 1. The molecule has 11 heteroatoms. The van der Waals surface area contributed by atoms with Crippen LogP contribution in [0.15, 0.2) is 43.6 Å². The molecular formula is C17H17N3O6S2. The third-order valence-corrected chi connectivity index (χ3v) is 7.56. The van der Waals surface area contributed by atoms with Crippen molar-refractivity contribution in [2.45, 2.75) is 23.7 Å². The third-order valence-electron chi connectivity index (χ3n) is 4.59. The van der Waals surface area contributed by atoms with Crippen molar-refractivity contribution < 1.29 is 26.8 Å². The number of sulfonamides is 1. The summed E-state index contributed by atoms with van der Waals surface area (Å²) in [7, 11) is -2.55. The molecule has 0 atom stereocenters. The predicted octanol–water partition coefficient (Wildman–Crippen LogP) is 2.75. The highest BCUT2D eigenvalue weighted by Gasteiger charge is 2.35. The molecule has 0 aliphatic carbocycles. The van der Waals surface area contributed by atoms with Gasteiger partial charge in [0.05, 0.1) is 13.4 Å². The lowest BCUT2D eigenvalue weighted by Crippen LogP contribution is -2.38. The van der Waals surface area contributed by atoms with Crippen molar-refractivity contribution in [2.75, 3.05) is 20.2 Å². The summed E-state index contributed by atoms with van der Waals surface area (Å²) >= 11 is 1.05. The van der Waals surface area contributed by atoms with E-state index >= 15 is 0 Å². The van der Waals surface area contributed by atoms with Crippen LogP contribution < -0.4 is 0 Å². The zero-order valence-corrected chi connectivity index (χ0v) is 16.5. The lowest BCUT2D eigenvalue weighted by molar-refractivity contribution is 0.0602. The van der Waals surface area contributed by atoms with Gasteiger partial charge in [0.15, 0.2) is 5.76 Å². The largest absolute Gasteiger partial charge is 0.465 e. The zero-order chi connectivity index (χ0) is 19.7. The van der Waals surface area contributed by atoms with Gasteiger partial charge >= 0.3 is 5.97 Å². The van der Waals surface area contributed by atoms with Crippen molar-refractivity contribution in [1.29, 1.82) is 0 Å². The van der Waals surface area contributed by atoms with E-state index in [4.69, 9.17) is 8.83 Å². The van der Waals surface area contributed by atoms with E-state index in [2.05, 4.69) is 14.9 Å². The minimum Gasteiger partial charge on any atom is -0.465 e. The first kappa shape index (κ1) is 18.8. The molecule has 1 aliphatic rings. The first-order valence-corrected chi connectivity index (χ1v) is 10.9. The van der Waals surface area contributed by atoms with E-state index in [1.807, 2.05) is 0 Å². The lowest BCUT2D eigenvalue weighted by Gasteiger charge is -2.29. The molecule has 28 heavy (non-hydrogen) atoms. The number of nitrogens with zero attached hydrogens (tertiary/aromatic N) is 3. The Kier molecular flexibility index (Phi) is 5.04. The van der Waals surface area contributed by atoms with E-state index in [0.29, 0.717) is 43.5 Å². The molecule has 0 unspecified atom stereocenters. The lowest BCUT2D eigenvalue weighted by atomic mass is 9.98. The van der Waals surface area contributed by atoms with Crippen LogP contribution in [0.25, 0.3) is 11.7 Å². The van der Waals surface area contributed by atoms with Crippen molar-refractivity contribution in [3.05, 3.63) is 40.6 Å². The molecule has 0 N–H and O–H groups in total. The van der Waals surface area contributed by atoms with Gasteiger partial charge in [0.2, 0.25) is 15.9 Å². The molecule has 3 aromatic heterocycles. The van der Waals surface area contributed by atoms with Gasteiger partial charge in [-0.05, 0) is 36.4 Å². The van der Waals surface area contributed by atoms with E-state index in [9.17, 15) is 13.2 Å². The second kappa shape index (κ2) is 7.49. The Hall–Kier alpha value is -2.50. The highest BCUT2D eigenvalue weighted by Crippen LogP contribution is 2.33. The first-order chi connectivity index (χ1) is 13.5. The van der Waals surface area contributed by atoms with Crippen molar-refractivity contribution >= 4 is 27.3 Å². The van der Waals surface area contributed by atoms with E-state index in [1.54, 1.807) is 17.5 Å². The second-order valence-corrected chi connectivity index (χ2v) is 9.03. The van der Waals surface area contributed by atoms with Gasteiger partial charge in [0, 0.05) is 19.0 Å². The number of carbonyl (C=O) groups excluding carboxylic acids is 1. The summed E-state index contributed by atoms with van der Waals surface area (Å²) in [6.07, 6.45) is 2.60. The molecule has 9 nitrogen and oxygen atoms in total. The minimum atomic E-state index is -3.78. The maximum Gasteiger partial charge on any atom is 0.349 e. The number of thiophene rings is 1. The van der Waals surface area contributed by atoms with Gasteiger partial charge in [-0.2, -0.15) is 4.31 Å². The molecule has 1 saturated heterocycles. The number of ether oxygens (including phenoxy) is 1. The molecule has 0 aromatic carbocycles. The average Bonchev–Trinajstić information content (AvgIpc) is 3.48. The number of hydrogen-bond donors (Lipinski definition) is 0. The summed E-state index contributed by atoms with van der Waals surface area (Å²) in [5.74, 6) is 0.571. The number of piperidine rings is 1. The number of rotatable bonds is 5. The summed E-state index contributed by atoms with van der Waals surface area (Å²) in [6, 6.07) is 4.90. The topological polar surface area (TPSA) is 116 Å². The van der Waals surface area contributed by atoms with Gasteiger partial charge in [0.25, 0.3) is 5.89 Å². The molecule has 1 fully saturated rings. The fraction of sp³-hybridized carbons (Fsp3) is 0.353. The summed E-state index contributed by atoms with van der Waals surface area (Å²) in [6.45, 7) is 0.587. The van der Waals surface area contributed by atoms with Crippen LogP contribution in [-0.4, -0.2) is 49.1 Å². The van der Waals surface area contributed by atoms with Crippen molar-refractivity contribution in [2.24, 2.45) is 0 Å². The Labute approximate surface area is 165 Å². The zero-order valence-electron chi connectivity index (χ0n) is 14.9. The number of hydrogen-bond acceptors (Lipinski definition) is 9. The van der Waals surface area contributed by atoms with Gasteiger partial charge < -0.3 is 13.6 Å². The summed E-state index contributed by atoms with van der Waals surface area (Å²) in [5.41, 5.74) is 0. The fourth-order valence-corrected chi connectivity index (χ4v) is 5.90. The highest BCUT2D eigenvalue weighted by molar-refractivity contribution is 7.89. The first-order valence-electron chi connectivity index (χ1n) is 8.54. The average molecular weight is 423 g/mol. The maximum absolute atomic E-state index is 13.0. The summed E-state index contributed by atoms with van der Waals surface area (Å²) in [4.78, 5) is 11.9. The summed E-state index contributed by atoms with van der Waals surface area (Å²) < 4.78 is 42.9. The monoisotopic (exact) mass is 423 g/mol. The van der Waals surface area contributed by atoms with Gasteiger partial charge in [-0.25, -0.2) is 13.2 Å². The Balaban J connectivity index is 1.47. The standard InChI is InChI=1S/C17H17N3O6S2/c1-24-17(21)14-13(6-10-27-14)28(22,23)20-7-4-11(5-8-20)15-18-19-16(26-15)12-3-2-9-25-12/h2-3,6,9-11H,4-5,7-8H2,1H3. The Morgan fingerprint density at radius 1 is 1.29 bits per heavy atom. The number of aromatic nitrogens is 2. The molecule has 0 saturated carbocycles. The van der Waals surface area contributed by atoms with E-state index < -0.39 is 16.0 Å². The van der Waals surface area contributed by atoms with Gasteiger partial charge in [-0.15, -0.1) is 21.5 Å². The minimum absolute atomic E-state index is 0.0132.